The van der Waals surface area contributed by atoms with Gasteiger partial charge in [0.05, 0.1) is 10.7 Å². The van der Waals surface area contributed by atoms with E-state index in [0.29, 0.717) is 11.8 Å². The first-order valence-corrected chi connectivity index (χ1v) is 9.06. The van der Waals surface area contributed by atoms with E-state index in [1.165, 1.54) is 17.8 Å². The minimum absolute atomic E-state index is 0.216. The van der Waals surface area contributed by atoms with Gasteiger partial charge < -0.3 is 10.2 Å². The van der Waals surface area contributed by atoms with E-state index < -0.39 is 0 Å². The quantitative estimate of drug-likeness (QED) is 0.909. The fourth-order valence-corrected chi connectivity index (χ4v) is 4.35. The average Bonchev–Trinajstić information content (AvgIpc) is 3.29. The number of amides is 1. The topological polar surface area (TPSA) is 45.2 Å². The molecule has 0 unspecified atom stereocenters. The van der Waals surface area contributed by atoms with Crippen LogP contribution in [0.5, 0.6) is 0 Å². The summed E-state index contributed by atoms with van der Waals surface area (Å²) in [7, 11) is 0. The number of piperazine rings is 1. The highest BCUT2D eigenvalue weighted by molar-refractivity contribution is 7.13. The van der Waals surface area contributed by atoms with Crippen LogP contribution >= 0.6 is 11.3 Å². The monoisotopic (exact) mass is 307 g/mol. The highest BCUT2D eigenvalue weighted by Gasteiger charge is 2.34. The van der Waals surface area contributed by atoms with Crippen molar-refractivity contribution in [2.75, 3.05) is 26.2 Å². The zero-order valence-corrected chi connectivity index (χ0v) is 13.8. The van der Waals surface area contributed by atoms with E-state index in [0.717, 1.165) is 49.6 Å². The Morgan fingerprint density at radius 2 is 2.00 bits per heavy atom. The van der Waals surface area contributed by atoms with Crippen molar-refractivity contribution in [1.82, 2.24) is 15.2 Å². The molecule has 1 aromatic heterocycles. The summed E-state index contributed by atoms with van der Waals surface area (Å²) < 4.78 is 0. The first-order valence-electron chi connectivity index (χ1n) is 8.25. The Balaban J connectivity index is 1.86. The lowest BCUT2D eigenvalue weighted by Crippen LogP contribution is -2.46. The molecule has 0 aromatic carbocycles. The number of rotatable bonds is 5. The normalized spacial score (nSPS) is 19.3. The molecular weight excluding hydrogens is 282 g/mol. The van der Waals surface area contributed by atoms with Crippen molar-refractivity contribution in [1.29, 1.82) is 0 Å². The molecule has 0 radical (unpaired) electrons. The van der Waals surface area contributed by atoms with Crippen LogP contribution in [0.1, 0.15) is 71.7 Å². The second-order valence-corrected chi connectivity index (χ2v) is 7.13. The van der Waals surface area contributed by atoms with E-state index in [2.05, 4.69) is 19.2 Å². The van der Waals surface area contributed by atoms with Gasteiger partial charge in [-0.1, -0.05) is 13.8 Å². The van der Waals surface area contributed by atoms with Gasteiger partial charge in [0.2, 0.25) is 0 Å². The number of carbonyl (C=O) groups excluding carboxylic acids is 1. The van der Waals surface area contributed by atoms with Gasteiger partial charge in [-0.15, -0.1) is 11.3 Å². The van der Waals surface area contributed by atoms with Gasteiger partial charge >= 0.3 is 0 Å². The van der Waals surface area contributed by atoms with Crippen LogP contribution in [-0.2, 0) is 0 Å². The molecule has 1 aliphatic carbocycles. The van der Waals surface area contributed by atoms with Gasteiger partial charge in [0.25, 0.3) is 5.91 Å². The predicted molar refractivity (Wildman–Crippen MR) is 86.2 cm³/mol. The molecule has 0 atom stereocenters. The number of hydrogen-bond donors (Lipinski definition) is 1. The molecule has 4 nitrogen and oxygen atoms in total. The number of thiazole rings is 1. The average molecular weight is 307 g/mol. The molecule has 3 rings (SSSR count). The second-order valence-electron chi connectivity index (χ2n) is 6.10. The Bertz CT molecular complexity index is 500. The summed E-state index contributed by atoms with van der Waals surface area (Å²) in [5, 5.41) is 4.49. The number of aromatic nitrogens is 1. The van der Waals surface area contributed by atoms with E-state index in [1.807, 2.05) is 4.90 Å². The standard InChI is InChI=1S/C16H25N3OS/c1-3-11(4-2)15-18-13(12-5-6-12)14(21-15)16(20)19-9-7-17-8-10-19/h11-12,17H,3-10H2,1-2H3. The van der Waals surface area contributed by atoms with Gasteiger partial charge in [-0.3, -0.25) is 4.79 Å². The van der Waals surface area contributed by atoms with Gasteiger partial charge in [-0.05, 0) is 25.7 Å². The summed E-state index contributed by atoms with van der Waals surface area (Å²) in [6.45, 7) is 7.88. The molecule has 1 saturated carbocycles. The van der Waals surface area contributed by atoms with Crippen LogP contribution in [0, 0.1) is 0 Å². The highest BCUT2D eigenvalue weighted by Crippen LogP contribution is 2.44. The zero-order chi connectivity index (χ0) is 14.8. The van der Waals surface area contributed by atoms with Crippen molar-refractivity contribution in [3.63, 3.8) is 0 Å². The summed E-state index contributed by atoms with van der Waals surface area (Å²) in [4.78, 5) is 20.6. The van der Waals surface area contributed by atoms with Gasteiger partial charge in [0, 0.05) is 38.0 Å². The van der Waals surface area contributed by atoms with Gasteiger partial charge in [0.15, 0.2) is 0 Å². The van der Waals surface area contributed by atoms with Gasteiger partial charge in [-0.2, -0.15) is 0 Å². The van der Waals surface area contributed by atoms with Crippen LogP contribution < -0.4 is 5.32 Å². The minimum atomic E-state index is 0.216. The van der Waals surface area contributed by atoms with Crippen molar-refractivity contribution < 1.29 is 4.79 Å². The molecule has 1 N–H and O–H groups in total. The van der Waals surface area contributed by atoms with Gasteiger partial charge in [-0.25, -0.2) is 4.98 Å². The Hall–Kier alpha value is -0.940. The fraction of sp³-hybridized carbons (Fsp3) is 0.750. The molecule has 2 fully saturated rings. The third-order valence-electron chi connectivity index (χ3n) is 4.57. The Labute approximate surface area is 130 Å². The molecule has 21 heavy (non-hydrogen) atoms. The van der Waals surface area contributed by atoms with E-state index in [-0.39, 0.29) is 5.91 Å². The molecule has 1 amide bonds. The zero-order valence-electron chi connectivity index (χ0n) is 13.0. The van der Waals surface area contributed by atoms with Crippen molar-refractivity contribution in [2.24, 2.45) is 0 Å². The summed E-state index contributed by atoms with van der Waals surface area (Å²) in [5.74, 6) is 1.27. The predicted octanol–water partition coefficient (Wildman–Crippen LogP) is 2.97. The molecule has 1 aliphatic heterocycles. The summed E-state index contributed by atoms with van der Waals surface area (Å²) in [5.41, 5.74) is 1.10. The lowest BCUT2D eigenvalue weighted by molar-refractivity contribution is 0.0739. The Morgan fingerprint density at radius 1 is 1.33 bits per heavy atom. The van der Waals surface area contributed by atoms with E-state index in [1.54, 1.807) is 11.3 Å². The van der Waals surface area contributed by atoms with E-state index >= 15 is 0 Å². The maximum Gasteiger partial charge on any atom is 0.265 e. The van der Waals surface area contributed by atoms with Crippen molar-refractivity contribution >= 4 is 17.2 Å². The van der Waals surface area contributed by atoms with E-state index in [9.17, 15) is 4.79 Å². The third-order valence-corrected chi connectivity index (χ3v) is 5.79. The largest absolute Gasteiger partial charge is 0.335 e. The molecule has 2 aliphatic rings. The number of hydrogen-bond acceptors (Lipinski definition) is 4. The first kappa shape index (κ1) is 15.0. The van der Waals surface area contributed by atoms with Gasteiger partial charge in [0.1, 0.15) is 4.88 Å². The molecule has 0 spiro atoms. The molecule has 1 aromatic rings. The number of nitrogens with zero attached hydrogens (tertiary/aromatic N) is 2. The lowest BCUT2D eigenvalue weighted by atomic mass is 10.1. The second kappa shape index (κ2) is 6.44. The molecule has 1 saturated heterocycles. The first-order chi connectivity index (χ1) is 10.2. The van der Waals surface area contributed by atoms with Crippen LogP contribution in [0.4, 0.5) is 0 Å². The number of carbonyl (C=O) groups is 1. The van der Waals surface area contributed by atoms with Crippen LogP contribution in [0.3, 0.4) is 0 Å². The maximum absolute atomic E-state index is 12.8. The highest BCUT2D eigenvalue weighted by atomic mass is 32.1. The SMILES string of the molecule is CCC(CC)c1nc(C2CC2)c(C(=O)N2CCNCC2)s1. The number of nitrogens with one attached hydrogen (secondary N) is 1. The molecule has 0 bridgehead atoms. The summed E-state index contributed by atoms with van der Waals surface area (Å²) in [6.07, 6.45) is 4.62. The third kappa shape index (κ3) is 3.14. The Kier molecular flexibility index (Phi) is 4.60. The lowest BCUT2D eigenvalue weighted by Gasteiger charge is -2.27. The Morgan fingerprint density at radius 3 is 2.57 bits per heavy atom. The van der Waals surface area contributed by atoms with Crippen molar-refractivity contribution in [2.45, 2.75) is 51.4 Å². The van der Waals surface area contributed by atoms with Crippen molar-refractivity contribution in [3.8, 4) is 0 Å². The minimum Gasteiger partial charge on any atom is -0.335 e. The summed E-state index contributed by atoms with van der Waals surface area (Å²) in [6, 6.07) is 0. The van der Waals surface area contributed by atoms with Crippen LogP contribution in [0.2, 0.25) is 0 Å². The van der Waals surface area contributed by atoms with E-state index in [4.69, 9.17) is 4.98 Å². The maximum atomic E-state index is 12.8. The fourth-order valence-electron chi connectivity index (χ4n) is 2.96. The smallest absolute Gasteiger partial charge is 0.265 e. The molecule has 2 heterocycles. The summed E-state index contributed by atoms with van der Waals surface area (Å²) >= 11 is 1.66. The molecular formula is C16H25N3OS. The van der Waals surface area contributed by atoms with Crippen LogP contribution in [0.25, 0.3) is 0 Å². The van der Waals surface area contributed by atoms with Crippen LogP contribution in [-0.4, -0.2) is 42.0 Å². The van der Waals surface area contributed by atoms with Crippen molar-refractivity contribution in [3.05, 3.63) is 15.6 Å². The van der Waals surface area contributed by atoms with Crippen LogP contribution in [0.15, 0.2) is 0 Å². The molecule has 5 heteroatoms. The molecule has 116 valence electrons.